The number of hydrogen-bond acceptors (Lipinski definition) is 3. The van der Waals surface area contributed by atoms with Gasteiger partial charge in [0.2, 0.25) is 0 Å². The molecule has 0 amide bonds. The molecule has 2 N–H and O–H groups in total. The molecule has 0 fully saturated rings. The van der Waals surface area contributed by atoms with Crippen molar-refractivity contribution in [2.24, 2.45) is 0 Å². The Labute approximate surface area is 129 Å². The Morgan fingerprint density at radius 1 is 1.05 bits per heavy atom. The van der Waals surface area contributed by atoms with Crippen LogP contribution < -0.4 is 15.2 Å². The van der Waals surface area contributed by atoms with Crippen molar-refractivity contribution in [1.82, 2.24) is 0 Å². The lowest BCUT2D eigenvalue weighted by atomic mass is 10.2. The highest BCUT2D eigenvalue weighted by atomic mass is 79.9. The topological polar surface area (TPSA) is 44.5 Å². The number of rotatable bonds is 4. The van der Waals surface area contributed by atoms with Gasteiger partial charge in [-0.05, 0) is 50.1 Å². The molecule has 0 aromatic heterocycles. The molecule has 0 saturated carbocycles. The minimum Gasteiger partial charge on any atom is -0.496 e. The molecule has 2 aromatic rings. The van der Waals surface area contributed by atoms with Crippen LogP contribution in [0.5, 0.6) is 11.5 Å². The van der Waals surface area contributed by atoms with E-state index in [1.54, 1.807) is 7.11 Å². The van der Waals surface area contributed by atoms with E-state index in [0.717, 1.165) is 31.7 Å². The summed E-state index contributed by atoms with van der Waals surface area (Å²) in [5, 5.41) is 0. The number of hydrogen-bond donors (Lipinski definition) is 1. The summed E-state index contributed by atoms with van der Waals surface area (Å²) in [6.45, 7) is 0.421. The number of methoxy groups -OCH3 is 1. The van der Waals surface area contributed by atoms with Crippen molar-refractivity contribution in [1.29, 1.82) is 0 Å². The van der Waals surface area contributed by atoms with Gasteiger partial charge in [-0.2, -0.15) is 0 Å². The molecule has 0 saturated heterocycles. The molecule has 0 aliphatic carbocycles. The first kappa shape index (κ1) is 14.2. The molecule has 3 nitrogen and oxygen atoms in total. The Morgan fingerprint density at radius 2 is 1.68 bits per heavy atom. The van der Waals surface area contributed by atoms with Gasteiger partial charge in [0.05, 0.1) is 16.1 Å². The monoisotopic (exact) mass is 385 g/mol. The van der Waals surface area contributed by atoms with E-state index in [4.69, 9.17) is 15.2 Å². The van der Waals surface area contributed by atoms with Gasteiger partial charge < -0.3 is 15.2 Å². The molecule has 0 atom stereocenters. The number of nitrogen functional groups attached to an aromatic ring is 1. The van der Waals surface area contributed by atoms with Gasteiger partial charge in [0.1, 0.15) is 18.1 Å². The first-order valence-corrected chi connectivity index (χ1v) is 7.19. The van der Waals surface area contributed by atoms with E-state index < -0.39 is 0 Å². The summed E-state index contributed by atoms with van der Waals surface area (Å²) < 4.78 is 12.7. The third-order valence-corrected chi connectivity index (χ3v) is 3.88. The molecule has 100 valence electrons. The molecular weight excluding hydrogens is 374 g/mol. The second-order valence-corrected chi connectivity index (χ2v) is 5.61. The fourth-order valence-corrected chi connectivity index (χ4v) is 2.52. The molecule has 0 unspecified atom stereocenters. The molecule has 2 rings (SSSR count). The van der Waals surface area contributed by atoms with Crippen LogP contribution in [0.25, 0.3) is 0 Å². The van der Waals surface area contributed by atoms with Crippen LogP contribution >= 0.6 is 31.9 Å². The molecule has 0 heterocycles. The smallest absolute Gasteiger partial charge is 0.135 e. The van der Waals surface area contributed by atoms with Gasteiger partial charge in [0.25, 0.3) is 0 Å². The third kappa shape index (κ3) is 3.42. The highest BCUT2D eigenvalue weighted by Crippen LogP contribution is 2.36. The molecule has 5 heteroatoms. The summed E-state index contributed by atoms with van der Waals surface area (Å²) >= 11 is 6.89. The second-order valence-electron chi connectivity index (χ2n) is 3.90. The van der Waals surface area contributed by atoms with Crippen molar-refractivity contribution in [3.8, 4) is 11.5 Å². The maximum absolute atomic E-state index is 5.88. The zero-order chi connectivity index (χ0) is 13.8. The third-order valence-electron chi connectivity index (χ3n) is 2.64. The second kappa shape index (κ2) is 6.30. The van der Waals surface area contributed by atoms with Gasteiger partial charge >= 0.3 is 0 Å². The fourth-order valence-electron chi connectivity index (χ4n) is 1.60. The maximum atomic E-state index is 5.88. The molecule has 0 radical (unpaired) electrons. The van der Waals surface area contributed by atoms with Crippen LogP contribution in [-0.2, 0) is 6.61 Å². The van der Waals surface area contributed by atoms with Crippen LogP contribution in [0, 0.1) is 0 Å². The van der Waals surface area contributed by atoms with E-state index in [2.05, 4.69) is 31.9 Å². The lowest BCUT2D eigenvalue weighted by Crippen LogP contribution is -2.00. The summed E-state index contributed by atoms with van der Waals surface area (Å²) in [5.74, 6) is 1.48. The number of benzene rings is 2. The standard InChI is InChI=1S/C14H13Br2NO2/c1-18-13-6-11(16)14(7-10(13)15)19-8-9-4-2-3-5-12(9)17/h2-7H,8,17H2,1H3. The van der Waals surface area contributed by atoms with Crippen LogP contribution in [0.4, 0.5) is 5.69 Å². The van der Waals surface area contributed by atoms with E-state index in [9.17, 15) is 0 Å². The first-order valence-electron chi connectivity index (χ1n) is 5.61. The van der Waals surface area contributed by atoms with Crippen molar-refractivity contribution in [2.75, 3.05) is 12.8 Å². The predicted molar refractivity (Wildman–Crippen MR) is 83.6 cm³/mol. The van der Waals surface area contributed by atoms with E-state index >= 15 is 0 Å². The predicted octanol–water partition coefficient (Wildman–Crippen LogP) is 4.38. The summed E-state index contributed by atoms with van der Waals surface area (Å²) in [5.41, 5.74) is 7.56. The van der Waals surface area contributed by atoms with Crippen molar-refractivity contribution in [3.63, 3.8) is 0 Å². The van der Waals surface area contributed by atoms with Gasteiger partial charge in [-0.1, -0.05) is 18.2 Å². The van der Waals surface area contributed by atoms with Crippen LogP contribution in [0.1, 0.15) is 5.56 Å². The lowest BCUT2D eigenvalue weighted by molar-refractivity contribution is 0.304. The number of halogens is 2. The van der Waals surface area contributed by atoms with Gasteiger partial charge in [0.15, 0.2) is 0 Å². The maximum Gasteiger partial charge on any atom is 0.135 e. The number of anilines is 1. The highest BCUT2D eigenvalue weighted by Gasteiger charge is 2.09. The van der Waals surface area contributed by atoms with E-state index in [1.165, 1.54) is 0 Å². The zero-order valence-corrected chi connectivity index (χ0v) is 13.5. The Morgan fingerprint density at radius 3 is 2.37 bits per heavy atom. The lowest BCUT2D eigenvalue weighted by Gasteiger charge is -2.12. The van der Waals surface area contributed by atoms with Gasteiger partial charge in [-0.3, -0.25) is 0 Å². The average Bonchev–Trinajstić information content (AvgIpc) is 2.41. The van der Waals surface area contributed by atoms with Crippen molar-refractivity contribution >= 4 is 37.5 Å². The normalized spacial score (nSPS) is 10.3. The Kier molecular flexibility index (Phi) is 4.71. The van der Waals surface area contributed by atoms with Crippen molar-refractivity contribution in [2.45, 2.75) is 6.61 Å². The average molecular weight is 387 g/mol. The van der Waals surface area contributed by atoms with Gasteiger partial charge in [0, 0.05) is 11.3 Å². The van der Waals surface area contributed by atoms with Crippen molar-refractivity contribution in [3.05, 3.63) is 50.9 Å². The molecule has 0 aliphatic heterocycles. The van der Waals surface area contributed by atoms with Gasteiger partial charge in [-0.15, -0.1) is 0 Å². The summed E-state index contributed by atoms with van der Waals surface area (Å²) in [7, 11) is 1.62. The summed E-state index contributed by atoms with van der Waals surface area (Å²) in [6.07, 6.45) is 0. The van der Waals surface area contributed by atoms with Crippen LogP contribution in [0.2, 0.25) is 0 Å². The van der Waals surface area contributed by atoms with Crippen molar-refractivity contribution < 1.29 is 9.47 Å². The molecule has 0 aliphatic rings. The molecule has 19 heavy (non-hydrogen) atoms. The quantitative estimate of drug-likeness (QED) is 0.793. The number of nitrogens with two attached hydrogens (primary N) is 1. The first-order chi connectivity index (χ1) is 9.11. The number of para-hydroxylation sites is 1. The van der Waals surface area contributed by atoms with Gasteiger partial charge in [-0.25, -0.2) is 0 Å². The Hall–Kier alpha value is -1.20. The number of ether oxygens (including phenoxy) is 2. The van der Waals surface area contributed by atoms with Crippen LogP contribution in [0.3, 0.4) is 0 Å². The summed E-state index contributed by atoms with van der Waals surface area (Å²) in [4.78, 5) is 0. The fraction of sp³-hybridized carbons (Fsp3) is 0.143. The largest absolute Gasteiger partial charge is 0.496 e. The van der Waals surface area contributed by atoms with E-state index in [1.807, 2.05) is 36.4 Å². The Bertz CT molecular complexity index is 588. The van der Waals surface area contributed by atoms with Crippen LogP contribution in [0.15, 0.2) is 45.3 Å². The zero-order valence-electron chi connectivity index (χ0n) is 10.3. The molecule has 0 bridgehead atoms. The minimum absolute atomic E-state index is 0.421. The molecule has 2 aromatic carbocycles. The molecule has 0 spiro atoms. The SMILES string of the molecule is COc1cc(Br)c(OCc2ccccc2N)cc1Br. The van der Waals surface area contributed by atoms with Crippen LogP contribution in [-0.4, -0.2) is 7.11 Å². The highest BCUT2D eigenvalue weighted by molar-refractivity contribution is 9.11. The molecular formula is C14H13Br2NO2. The summed E-state index contributed by atoms with van der Waals surface area (Å²) in [6, 6.07) is 11.4. The minimum atomic E-state index is 0.421. The Balaban J connectivity index is 2.16. The van der Waals surface area contributed by atoms with E-state index in [0.29, 0.717) is 6.61 Å². The van der Waals surface area contributed by atoms with E-state index in [-0.39, 0.29) is 0 Å².